The largest absolute Gasteiger partial charge is 0.454 e. The van der Waals surface area contributed by atoms with Crippen LogP contribution in [0.15, 0.2) is 60.8 Å². The van der Waals surface area contributed by atoms with E-state index in [1.54, 1.807) is 58.3 Å². The zero-order valence-electron chi connectivity index (χ0n) is 28.6. The van der Waals surface area contributed by atoms with Gasteiger partial charge in [-0.2, -0.15) is 5.10 Å². The van der Waals surface area contributed by atoms with Crippen LogP contribution in [0, 0.1) is 17.6 Å². The molecule has 0 saturated heterocycles. The number of nitrogens with zero attached hydrogens (tertiary/aromatic N) is 3. The summed E-state index contributed by atoms with van der Waals surface area (Å²) in [5.41, 5.74) is -0.125. The number of sulfone groups is 1. The van der Waals surface area contributed by atoms with E-state index in [1.807, 2.05) is 13.0 Å². The molecule has 3 aromatic carbocycles. The number of fused-ring (bicyclic) bond motifs is 8. The highest BCUT2D eigenvalue weighted by molar-refractivity contribution is 7.91. The number of hydrogen-bond donors (Lipinski definition) is 2. The summed E-state index contributed by atoms with van der Waals surface area (Å²) in [6.45, 7) is 6.71. The fourth-order valence-corrected chi connectivity index (χ4v) is 8.29. The minimum atomic E-state index is -3.73. The maximum absolute atomic E-state index is 15.7. The minimum absolute atomic E-state index is 0.0391. The molecule has 0 amide bonds. The maximum atomic E-state index is 15.7. The summed E-state index contributed by atoms with van der Waals surface area (Å²) < 4.78 is 72.1. The topological polar surface area (TPSA) is 136 Å². The molecule has 0 radical (unpaired) electrons. The summed E-state index contributed by atoms with van der Waals surface area (Å²) in [4.78, 5) is 20.9. The van der Waals surface area contributed by atoms with Crippen LogP contribution in [0.5, 0.6) is 11.5 Å². The monoisotopic (exact) mass is 706 g/mol. The molecule has 13 heteroatoms. The van der Waals surface area contributed by atoms with Crippen LogP contribution in [0.1, 0.15) is 61.4 Å². The molecule has 0 fully saturated rings. The molecular weight excluding hydrogens is 666 g/mol. The first-order valence-corrected chi connectivity index (χ1v) is 18.2. The van der Waals surface area contributed by atoms with Crippen LogP contribution < -0.4 is 4.74 Å². The predicted octanol–water partition coefficient (Wildman–Crippen LogP) is 6.31. The number of aliphatic hydroxyl groups is 1. The lowest BCUT2D eigenvalue weighted by Gasteiger charge is -2.31. The van der Waals surface area contributed by atoms with Gasteiger partial charge >= 0.3 is 0 Å². The zero-order chi connectivity index (χ0) is 36.0. The number of benzene rings is 3. The summed E-state index contributed by atoms with van der Waals surface area (Å²) >= 11 is 0. The fourth-order valence-electron chi connectivity index (χ4n) is 6.49. The molecule has 4 bridgehead atoms. The second-order valence-electron chi connectivity index (χ2n) is 13.8. The Morgan fingerprint density at radius 2 is 1.88 bits per heavy atom. The smallest absolute Gasteiger partial charge is 0.168 e. The summed E-state index contributed by atoms with van der Waals surface area (Å²) in [5.74, 6) is -2.30. The maximum Gasteiger partial charge on any atom is 0.168 e. The Morgan fingerprint density at radius 1 is 1.10 bits per heavy atom. The minimum Gasteiger partial charge on any atom is -0.454 e. The lowest BCUT2D eigenvalue weighted by Crippen LogP contribution is -2.37. The number of nitrogens with one attached hydrogen (secondary N) is 1. The Balaban J connectivity index is 1.51. The summed E-state index contributed by atoms with van der Waals surface area (Å²) in [6.07, 6.45) is 1.87. The molecule has 6 rings (SSSR count). The molecule has 0 saturated carbocycles. The number of aliphatic hydroxyl groups excluding tert-OH is 1. The number of H-pyrrole nitrogens is 1. The van der Waals surface area contributed by atoms with Crippen molar-refractivity contribution in [3.05, 3.63) is 94.9 Å². The van der Waals surface area contributed by atoms with Gasteiger partial charge in [-0.3, -0.25) is 4.79 Å². The third-order valence-electron chi connectivity index (χ3n) is 9.35. The number of halogens is 2. The van der Waals surface area contributed by atoms with Crippen LogP contribution in [0.4, 0.5) is 8.78 Å². The van der Waals surface area contributed by atoms with Gasteiger partial charge in [0.1, 0.15) is 11.6 Å². The first kappa shape index (κ1) is 35.4. The van der Waals surface area contributed by atoms with E-state index in [0.29, 0.717) is 33.4 Å². The van der Waals surface area contributed by atoms with Crippen molar-refractivity contribution in [2.45, 2.75) is 51.6 Å². The normalized spacial score (nSPS) is 19.9. The van der Waals surface area contributed by atoms with Crippen molar-refractivity contribution >= 4 is 26.5 Å². The van der Waals surface area contributed by atoms with Crippen molar-refractivity contribution in [2.24, 2.45) is 13.0 Å². The average Bonchev–Trinajstić information content (AvgIpc) is 3.70. The molecule has 2 N–H and O–H groups in total. The van der Waals surface area contributed by atoms with Crippen molar-refractivity contribution in [3.63, 3.8) is 0 Å². The van der Waals surface area contributed by atoms with Gasteiger partial charge in [-0.15, -0.1) is 0 Å². The molecule has 50 heavy (non-hydrogen) atoms. The van der Waals surface area contributed by atoms with Crippen molar-refractivity contribution in [3.8, 4) is 22.9 Å². The van der Waals surface area contributed by atoms with Gasteiger partial charge < -0.3 is 19.6 Å². The van der Waals surface area contributed by atoms with Gasteiger partial charge in [0.2, 0.25) is 0 Å². The van der Waals surface area contributed by atoms with E-state index < -0.39 is 38.4 Å². The van der Waals surface area contributed by atoms with E-state index in [-0.39, 0.29) is 66.2 Å². The van der Waals surface area contributed by atoms with Crippen LogP contribution in [0.25, 0.3) is 22.3 Å². The molecular formula is C37H40F2N4O6S. The molecule has 1 aliphatic rings. The number of aryl methyl sites for hydroxylation is 2. The highest BCUT2D eigenvalue weighted by Crippen LogP contribution is 2.39. The Bertz CT molecular complexity index is 2200. The van der Waals surface area contributed by atoms with Gasteiger partial charge in [-0.1, -0.05) is 25.1 Å². The molecule has 1 aliphatic heterocycles. The fraction of sp³-hybridized carbons (Fsp3) is 0.378. The second-order valence-corrected chi connectivity index (χ2v) is 16.0. The Labute approximate surface area is 289 Å². The Hall–Kier alpha value is -4.46. The highest BCUT2D eigenvalue weighted by Gasteiger charge is 2.37. The highest BCUT2D eigenvalue weighted by atomic mass is 32.2. The van der Waals surface area contributed by atoms with Gasteiger partial charge in [-0.05, 0) is 69.5 Å². The molecule has 0 spiro atoms. The molecule has 2 unspecified atom stereocenters. The van der Waals surface area contributed by atoms with E-state index >= 15 is 8.78 Å². The van der Waals surface area contributed by atoms with E-state index in [2.05, 4.69) is 4.98 Å². The summed E-state index contributed by atoms with van der Waals surface area (Å²) in [7, 11) is -2.10. The number of carbonyl (C=O) groups excluding carboxylic acids is 1. The Morgan fingerprint density at radius 3 is 2.64 bits per heavy atom. The molecule has 3 heterocycles. The van der Waals surface area contributed by atoms with Crippen LogP contribution >= 0.6 is 0 Å². The van der Waals surface area contributed by atoms with Crippen LogP contribution in [0.2, 0.25) is 0 Å². The lowest BCUT2D eigenvalue weighted by atomic mass is 9.78. The standard InChI is InChI=1S/C37H40F2N4O6S/c1-22(20-44)32(45)23-7-6-8-24(17-23)37(4)13-15-48-36(2,3)21-50(46,47)16-12-27-26-11-14-40-31(26)19-30(39)33(27)49-25-9-10-29(38)28(18-25)34-41-35(37)42-43(34)5/h6-11,14,17-19,22,40,44H,12-13,15-16,20-21H2,1-5H3. The third kappa shape index (κ3) is 6.94. The first-order chi connectivity index (χ1) is 23.6. The number of ether oxygens (including phenoxy) is 2. The quantitative estimate of drug-likeness (QED) is 0.208. The van der Waals surface area contributed by atoms with E-state index in [4.69, 9.17) is 19.6 Å². The lowest BCUT2D eigenvalue weighted by molar-refractivity contribution is -0.00685. The summed E-state index contributed by atoms with van der Waals surface area (Å²) in [6, 6.07) is 14.0. The zero-order valence-corrected chi connectivity index (χ0v) is 29.4. The molecule has 2 aromatic heterocycles. The van der Waals surface area contributed by atoms with Crippen molar-refractivity contribution < 1.29 is 36.6 Å². The van der Waals surface area contributed by atoms with Crippen molar-refractivity contribution in [1.82, 2.24) is 19.7 Å². The predicted molar refractivity (Wildman–Crippen MR) is 185 cm³/mol. The molecule has 10 nitrogen and oxygen atoms in total. The number of carbonyl (C=O) groups is 1. The average molecular weight is 707 g/mol. The SMILES string of the molecule is CC(CO)C(=O)c1cccc(C2(C)CCOC(C)(C)CS(=O)(=O)CCc3c(c(F)cc4[nH]ccc34)Oc3ccc(F)c(c3)-c3nc2nn3C)c1. The van der Waals surface area contributed by atoms with Gasteiger partial charge in [0.25, 0.3) is 0 Å². The first-order valence-electron chi connectivity index (χ1n) is 16.4. The number of hydrogen-bond acceptors (Lipinski definition) is 8. The van der Waals surface area contributed by atoms with Gasteiger partial charge in [0.15, 0.2) is 38.8 Å². The Kier molecular flexibility index (Phi) is 9.44. The number of ketones is 1. The second kappa shape index (κ2) is 13.3. The van der Waals surface area contributed by atoms with Gasteiger partial charge in [-0.25, -0.2) is 26.9 Å². The molecule has 264 valence electrons. The number of rotatable bonds is 4. The van der Waals surface area contributed by atoms with Crippen molar-refractivity contribution in [1.29, 1.82) is 0 Å². The van der Waals surface area contributed by atoms with Crippen molar-refractivity contribution in [2.75, 3.05) is 24.7 Å². The number of aromatic amines is 1. The number of Topliss-reactive ketones (excluding diaryl/α,β-unsaturated/α-hetero) is 1. The molecule has 0 aliphatic carbocycles. The third-order valence-corrected chi connectivity index (χ3v) is 11.3. The molecule has 2 atom stereocenters. The van der Waals surface area contributed by atoms with Crippen LogP contribution in [-0.2, 0) is 33.5 Å². The van der Waals surface area contributed by atoms with E-state index in [9.17, 15) is 18.3 Å². The van der Waals surface area contributed by atoms with E-state index in [1.165, 1.54) is 28.9 Å². The van der Waals surface area contributed by atoms with Crippen LogP contribution in [0.3, 0.4) is 0 Å². The van der Waals surface area contributed by atoms with E-state index in [0.717, 1.165) is 0 Å². The van der Waals surface area contributed by atoms with Crippen LogP contribution in [-0.4, -0.2) is 69.4 Å². The van der Waals surface area contributed by atoms with Gasteiger partial charge in [0.05, 0.1) is 34.7 Å². The molecule has 5 aromatic rings. The summed E-state index contributed by atoms with van der Waals surface area (Å²) in [5, 5.41) is 14.9. The number of aromatic nitrogens is 4. The van der Waals surface area contributed by atoms with Gasteiger partial charge in [0, 0.05) is 53.9 Å².